The number of pyridine rings is 1. The number of nitro benzene ring substituents is 1. The van der Waals surface area contributed by atoms with Crippen molar-refractivity contribution in [2.24, 2.45) is 0 Å². The van der Waals surface area contributed by atoms with Gasteiger partial charge in [0.05, 0.1) is 33.9 Å². The van der Waals surface area contributed by atoms with Gasteiger partial charge in [0, 0.05) is 61.7 Å². The van der Waals surface area contributed by atoms with Crippen LogP contribution < -0.4 is 20.3 Å². The van der Waals surface area contributed by atoms with Crippen molar-refractivity contribution in [2.75, 3.05) is 60.6 Å². The van der Waals surface area contributed by atoms with E-state index in [4.69, 9.17) is 4.74 Å². The Labute approximate surface area is 312 Å². The van der Waals surface area contributed by atoms with Gasteiger partial charge in [0.25, 0.3) is 5.91 Å². The van der Waals surface area contributed by atoms with Crippen LogP contribution in [-0.4, -0.2) is 74.2 Å². The molecule has 3 heterocycles. The van der Waals surface area contributed by atoms with Gasteiger partial charge in [0.15, 0.2) is 0 Å². The van der Waals surface area contributed by atoms with Gasteiger partial charge in [-0.1, -0.05) is 48.5 Å². The van der Waals surface area contributed by atoms with Crippen LogP contribution in [0, 0.1) is 10.1 Å². The number of thioether (sulfide) groups is 1. The number of piperazine rings is 1. The highest BCUT2D eigenvalue weighted by molar-refractivity contribution is 7.99. The number of carbonyl (C=O) groups excluding carboxylic acids is 1. The van der Waals surface area contributed by atoms with Crippen molar-refractivity contribution in [3.63, 3.8) is 0 Å². The lowest BCUT2D eigenvalue weighted by Gasteiger charge is -2.37. The summed E-state index contributed by atoms with van der Waals surface area (Å²) in [6.45, 7) is 5.72. The largest absolute Gasteiger partial charge is 0.492 e. The lowest BCUT2D eigenvalue weighted by Crippen LogP contribution is -2.46. The van der Waals surface area contributed by atoms with Crippen molar-refractivity contribution in [1.29, 1.82) is 0 Å². The van der Waals surface area contributed by atoms with E-state index >= 15 is 0 Å². The Kier molecular flexibility index (Phi) is 10.6. The smallest absolute Gasteiger partial charge is 0.317 e. The van der Waals surface area contributed by atoms with Crippen LogP contribution in [0.15, 0.2) is 118 Å². The van der Waals surface area contributed by atoms with Crippen molar-refractivity contribution in [3.05, 3.63) is 125 Å². The molecule has 1 saturated heterocycles. The molecule has 2 aliphatic rings. The normalized spacial score (nSPS) is 14.6. The van der Waals surface area contributed by atoms with Crippen LogP contribution in [0.4, 0.5) is 22.7 Å². The van der Waals surface area contributed by atoms with Gasteiger partial charge >= 0.3 is 5.69 Å². The van der Waals surface area contributed by atoms with E-state index in [-0.39, 0.29) is 32.4 Å². The third-order valence-electron chi connectivity index (χ3n) is 9.19. The number of fused-ring (bicyclic) bond motifs is 1. The summed E-state index contributed by atoms with van der Waals surface area (Å²) in [5.41, 5.74) is 3.85. The molecule has 0 unspecified atom stereocenters. The summed E-state index contributed by atoms with van der Waals surface area (Å²) in [6, 6.07) is 27.7. The van der Waals surface area contributed by atoms with Crippen molar-refractivity contribution in [3.8, 4) is 16.9 Å². The quantitative estimate of drug-likeness (QED) is 0.0391. The average Bonchev–Trinajstić information content (AvgIpc) is 3.75. The molecule has 0 bridgehead atoms. The lowest BCUT2D eigenvalue weighted by atomic mass is 10.0. The number of nitro groups is 1. The van der Waals surface area contributed by atoms with E-state index in [1.54, 1.807) is 30.1 Å². The fraction of sp³-hybridized carbons (Fsp3) is 0.231. The SMILES string of the molecule is CCOc1cncc(-c2ccccc2CN2CCN(c3c(NC(=O)c4cccc5c4S5(=O)=O)ccc(NCCSc4ccccc4)c3[N+](=O)[O-])CC2)c1. The number of hydrogen-bond donors (Lipinski definition) is 2. The minimum atomic E-state index is -3.60. The Morgan fingerprint density at radius 1 is 0.943 bits per heavy atom. The molecule has 272 valence electrons. The summed E-state index contributed by atoms with van der Waals surface area (Å²) >= 11 is 1.64. The number of amides is 1. The Hall–Kier alpha value is -5.44. The zero-order valence-electron chi connectivity index (χ0n) is 29.0. The fourth-order valence-electron chi connectivity index (χ4n) is 6.65. The van der Waals surface area contributed by atoms with E-state index in [1.807, 2.05) is 66.6 Å². The first-order valence-electron chi connectivity index (χ1n) is 17.3. The maximum Gasteiger partial charge on any atom is 0.317 e. The Balaban J connectivity index is 1.13. The molecule has 0 aliphatic carbocycles. The molecule has 5 aromatic rings. The van der Waals surface area contributed by atoms with Crippen LogP contribution in [0.3, 0.4) is 0 Å². The molecule has 53 heavy (non-hydrogen) atoms. The summed E-state index contributed by atoms with van der Waals surface area (Å²) in [4.78, 5) is 35.8. The van der Waals surface area contributed by atoms with Crippen LogP contribution in [0.2, 0.25) is 0 Å². The number of anilines is 3. The number of benzene rings is 4. The van der Waals surface area contributed by atoms with Gasteiger partial charge in [0.2, 0.25) is 9.84 Å². The monoisotopic (exact) mass is 750 g/mol. The Morgan fingerprint density at radius 2 is 1.70 bits per heavy atom. The minimum Gasteiger partial charge on any atom is -0.492 e. The number of ether oxygens (including phenoxy) is 1. The summed E-state index contributed by atoms with van der Waals surface area (Å²) in [5.74, 6) is 0.739. The Morgan fingerprint density at radius 3 is 2.47 bits per heavy atom. The van der Waals surface area contributed by atoms with E-state index in [9.17, 15) is 23.3 Å². The predicted molar refractivity (Wildman–Crippen MR) is 207 cm³/mol. The molecule has 0 spiro atoms. The molecular formula is C39H38N6O6S2. The highest BCUT2D eigenvalue weighted by atomic mass is 32.2. The molecule has 2 N–H and O–H groups in total. The van der Waals surface area contributed by atoms with Crippen molar-refractivity contribution >= 4 is 50.3 Å². The molecule has 4 aromatic carbocycles. The molecule has 2 aliphatic heterocycles. The predicted octanol–water partition coefficient (Wildman–Crippen LogP) is 6.98. The van der Waals surface area contributed by atoms with E-state index in [0.29, 0.717) is 63.1 Å². The summed E-state index contributed by atoms with van der Waals surface area (Å²) in [6.07, 6.45) is 3.52. The highest BCUT2D eigenvalue weighted by Crippen LogP contribution is 2.45. The number of rotatable bonds is 14. The topological polar surface area (TPSA) is 147 Å². The van der Waals surface area contributed by atoms with Crippen LogP contribution in [-0.2, 0) is 16.4 Å². The van der Waals surface area contributed by atoms with Crippen molar-refractivity contribution in [2.45, 2.75) is 28.2 Å². The number of sulfone groups is 1. The summed E-state index contributed by atoms with van der Waals surface area (Å²) in [7, 11) is -3.60. The molecule has 0 radical (unpaired) electrons. The molecule has 14 heteroatoms. The second kappa shape index (κ2) is 15.7. The standard InChI is InChI=1S/C39H38N6O6S2/c1-2-51-29-23-28(24-40-25-29)31-12-7-6-9-27(31)26-43-18-20-44(21-19-43)36-34(42-39(46)32-13-8-14-35-38(32)53(35,49)50)16-15-33(37(36)45(47)48)41-17-22-52-30-10-4-3-5-11-30/h3-16,23-25,41H,2,17-22,26H2,1H3,(H,42,46). The zero-order valence-corrected chi connectivity index (χ0v) is 30.7. The number of nitrogens with one attached hydrogen (secondary N) is 2. The van der Waals surface area contributed by atoms with Gasteiger partial charge in [-0.05, 0) is 60.5 Å². The fourth-order valence-corrected chi connectivity index (χ4v) is 8.94. The first-order valence-corrected chi connectivity index (χ1v) is 19.8. The van der Waals surface area contributed by atoms with Crippen LogP contribution >= 0.6 is 11.8 Å². The van der Waals surface area contributed by atoms with Crippen LogP contribution in [0.5, 0.6) is 5.75 Å². The first-order chi connectivity index (χ1) is 25.7. The van der Waals surface area contributed by atoms with E-state index in [0.717, 1.165) is 21.6 Å². The van der Waals surface area contributed by atoms with Crippen molar-refractivity contribution < 1.29 is 22.9 Å². The second-order valence-electron chi connectivity index (χ2n) is 12.6. The maximum absolute atomic E-state index is 13.6. The molecular weight excluding hydrogens is 713 g/mol. The van der Waals surface area contributed by atoms with Gasteiger partial charge in [-0.15, -0.1) is 11.8 Å². The molecule has 1 fully saturated rings. The highest BCUT2D eigenvalue weighted by Gasteiger charge is 2.43. The van der Waals surface area contributed by atoms with Crippen molar-refractivity contribution in [1.82, 2.24) is 9.88 Å². The summed E-state index contributed by atoms with van der Waals surface area (Å²) < 4.78 is 30.5. The summed E-state index contributed by atoms with van der Waals surface area (Å²) in [5, 5.41) is 18.9. The molecule has 1 aromatic heterocycles. The number of aromatic nitrogens is 1. The number of nitrogens with zero attached hydrogens (tertiary/aromatic N) is 4. The maximum atomic E-state index is 13.6. The van der Waals surface area contributed by atoms with Gasteiger partial charge in [-0.2, -0.15) is 0 Å². The molecule has 0 atom stereocenters. The van der Waals surface area contributed by atoms with Gasteiger partial charge in [-0.3, -0.25) is 24.8 Å². The van der Waals surface area contributed by atoms with E-state index in [1.165, 1.54) is 18.2 Å². The zero-order chi connectivity index (χ0) is 37.0. The number of hydrogen-bond acceptors (Lipinski definition) is 11. The molecule has 0 saturated carbocycles. The molecule has 1 amide bonds. The third-order valence-corrected chi connectivity index (χ3v) is 11.9. The van der Waals surface area contributed by atoms with Gasteiger partial charge in [-0.25, -0.2) is 8.42 Å². The molecule has 7 rings (SSSR count). The first kappa shape index (κ1) is 35.9. The third kappa shape index (κ3) is 7.84. The Bertz CT molecular complexity index is 2260. The molecule has 12 nitrogen and oxygen atoms in total. The van der Waals surface area contributed by atoms with Gasteiger partial charge in [0.1, 0.15) is 22.0 Å². The van der Waals surface area contributed by atoms with Gasteiger partial charge < -0.3 is 20.3 Å². The van der Waals surface area contributed by atoms with E-state index < -0.39 is 20.7 Å². The second-order valence-corrected chi connectivity index (χ2v) is 15.6. The lowest BCUT2D eigenvalue weighted by molar-refractivity contribution is -0.383. The number of carbonyl (C=O) groups is 1. The van der Waals surface area contributed by atoms with Crippen LogP contribution in [0.25, 0.3) is 11.1 Å². The average molecular weight is 751 g/mol. The van der Waals surface area contributed by atoms with E-state index in [2.05, 4.69) is 32.7 Å². The van der Waals surface area contributed by atoms with Crippen LogP contribution in [0.1, 0.15) is 22.8 Å². The minimum absolute atomic E-state index is 0.00274.